The first-order chi connectivity index (χ1) is 15.7. The number of benzene rings is 1. The number of rotatable bonds is 8. The highest BCUT2D eigenvalue weighted by Crippen LogP contribution is 2.29. The van der Waals surface area contributed by atoms with Crippen molar-refractivity contribution in [2.24, 2.45) is 0 Å². The molecule has 10 nitrogen and oxygen atoms in total. The quantitative estimate of drug-likeness (QED) is 0.411. The molecule has 33 heavy (non-hydrogen) atoms. The number of amides is 2. The molecule has 0 aliphatic heterocycles. The summed E-state index contributed by atoms with van der Waals surface area (Å²) < 4.78 is 46.8. The van der Waals surface area contributed by atoms with E-state index in [1.54, 1.807) is 35.6 Å². The van der Waals surface area contributed by atoms with Gasteiger partial charge in [-0.05, 0) is 30.3 Å². The van der Waals surface area contributed by atoms with Crippen LogP contribution in [0.5, 0.6) is 0 Å². The summed E-state index contributed by atoms with van der Waals surface area (Å²) >= 11 is 0.839. The van der Waals surface area contributed by atoms with E-state index in [2.05, 4.69) is 25.6 Å². The molecule has 2 amide bonds. The smallest absolute Gasteiger partial charge is 0.447 e. The van der Waals surface area contributed by atoms with Crippen molar-refractivity contribution < 1.29 is 32.2 Å². The maximum atomic E-state index is 12.4. The maximum absolute atomic E-state index is 12.4. The first-order valence-corrected chi connectivity index (χ1v) is 10.0. The fraction of sp³-hybridized carbons (Fsp3) is 0.211. The lowest BCUT2D eigenvalue weighted by molar-refractivity contribution is -0.167. The van der Waals surface area contributed by atoms with Gasteiger partial charge < -0.3 is 14.8 Å². The lowest BCUT2D eigenvalue weighted by Gasteiger charge is -2.09. The molecule has 3 aromatic rings. The number of carbonyl (C=O) groups is 2. The Morgan fingerprint density at radius 2 is 1.76 bits per heavy atom. The zero-order chi connectivity index (χ0) is 23.8. The molecule has 174 valence electrons. The van der Waals surface area contributed by atoms with Crippen LogP contribution in [0.15, 0.2) is 42.7 Å². The van der Waals surface area contributed by atoms with Gasteiger partial charge in [0, 0.05) is 30.9 Å². The van der Waals surface area contributed by atoms with E-state index >= 15 is 0 Å². The van der Waals surface area contributed by atoms with Crippen LogP contribution in [0.25, 0.3) is 10.6 Å². The molecular weight excluding hydrogens is 465 g/mol. The number of aromatic nitrogens is 3. The molecule has 0 spiro atoms. The molecule has 0 aliphatic rings. The summed E-state index contributed by atoms with van der Waals surface area (Å²) in [4.78, 5) is 35.3. The van der Waals surface area contributed by atoms with Crippen molar-refractivity contribution >= 4 is 45.8 Å². The minimum absolute atomic E-state index is 0.131. The highest BCUT2D eigenvalue weighted by molar-refractivity contribution is 7.19. The van der Waals surface area contributed by atoms with E-state index in [-0.39, 0.29) is 17.7 Å². The number of nitrogens with zero attached hydrogens (tertiary/aromatic N) is 3. The van der Waals surface area contributed by atoms with Crippen molar-refractivity contribution in [2.45, 2.75) is 6.18 Å². The number of methoxy groups -OCH3 is 1. The maximum Gasteiger partial charge on any atom is 0.471 e. The van der Waals surface area contributed by atoms with E-state index in [0.29, 0.717) is 28.6 Å². The van der Waals surface area contributed by atoms with Crippen LogP contribution >= 0.6 is 11.3 Å². The van der Waals surface area contributed by atoms with Gasteiger partial charge in [0.15, 0.2) is 5.13 Å². The Morgan fingerprint density at radius 3 is 2.45 bits per heavy atom. The monoisotopic (exact) mass is 482 g/mol. The van der Waals surface area contributed by atoms with E-state index in [1.807, 2.05) is 0 Å². The molecule has 0 saturated carbocycles. The van der Waals surface area contributed by atoms with Crippen LogP contribution in [-0.4, -0.2) is 53.5 Å². The van der Waals surface area contributed by atoms with Crippen LogP contribution in [-0.2, 0) is 14.3 Å². The lowest BCUT2D eigenvalue weighted by atomic mass is 10.3. The second-order valence-corrected chi connectivity index (χ2v) is 7.23. The Morgan fingerprint density at radius 1 is 1.03 bits per heavy atom. The van der Waals surface area contributed by atoms with Gasteiger partial charge in [0.25, 0.3) is 0 Å². The van der Waals surface area contributed by atoms with E-state index in [9.17, 15) is 22.8 Å². The minimum Gasteiger partial charge on any atom is -0.447 e. The molecule has 0 saturated heterocycles. The first kappa shape index (κ1) is 23.9. The highest BCUT2D eigenvalue weighted by atomic mass is 32.1. The third-order valence-electron chi connectivity index (χ3n) is 3.80. The Kier molecular flexibility index (Phi) is 7.74. The molecule has 0 aliphatic carbocycles. The van der Waals surface area contributed by atoms with Gasteiger partial charge >= 0.3 is 18.2 Å². The molecule has 3 rings (SSSR count). The fourth-order valence-corrected chi connectivity index (χ4v) is 3.09. The molecule has 14 heteroatoms. The van der Waals surface area contributed by atoms with E-state index < -0.39 is 18.2 Å². The van der Waals surface area contributed by atoms with Gasteiger partial charge in [0.05, 0.1) is 17.2 Å². The number of carbonyl (C=O) groups excluding carboxylic acids is 2. The van der Waals surface area contributed by atoms with Crippen LogP contribution < -0.4 is 16.0 Å². The molecule has 1 aromatic carbocycles. The summed E-state index contributed by atoms with van der Waals surface area (Å²) in [7, 11) is 1.50. The summed E-state index contributed by atoms with van der Waals surface area (Å²) in [5.41, 5.74) is 1.53. The number of nitrogens with one attached hydrogen (secondary N) is 3. The Labute approximate surface area is 189 Å². The highest BCUT2D eigenvalue weighted by Gasteiger charge is 2.39. The van der Waals surface area contributed by atoms with Crippen LogP contribution in [0.1, 0.15) is 0 Å². The topological polar surface area (TPSA) is 127 Å². The third-order valence-corrected chi connectivity index (χ3v) is 4.73. The van der Waals surface area contributed by atoms with Crippen molar-refractivity contribution in [3.8, 4) is 10.6 Å². The Hall–Kier alpha value is -3.78. The lowest BCUT2D eigenvalue weighted by Crippen LogP contribution is -2.29. The number of thiazole rings is 1. The number of anilines is 4. The van der Waals surface area contributed by atoms with Crippen LogP contribution in [0.3, 0.4) is 0 Å². The Balaban J connectivity index is 1.61. The molecule has 2 heterocycles. The second kappa shape index (κ2) is 10.7. The molecule has 0 bridgehead atoms. The van der Waals surface area contributed by atoms with Crippen molar-refractivity contribution in [1.82, 2.24) is 15.0 Å². The number of alkyl halides is 3. The van der Waals surface area contributed by atoms with Gasteiger partial charge in [-0.1, -0.05) is 11.3 Å². The zero-order valence-electron chi connectivity index (χ0n) is 17.0. The molecule has 0 radical (unpaired) electrons. The fourth-order valence-electron chi connectivity index (χ4n) is 2.31. The zero-order valence-corrected chi connectivity index (χ0v) is 17.8. The predicted molar refractivity (Wildman–Crippen MR) is 114 cm³/mol. The predicted octanol–water partition coefficient (Wildman–Crippen LogP) is 4.04. The average molecular weight is 482 g/mol. The van der Waals surface area contributed by atoms with Gasteiger partial charge in [-0.25, -0.2) is 19.7 Å². The van der Waals surface area contributed by atoms with E-state index in [1.165, 1.54) is 19.5 Å². The second-order valence-electron chi connectivity index (χ2n) is 6.20. The van der Waals surface area contributed by atoms with Gasteiger partial charge in [-0.2, -0.15) is 13.2 Å². The largest absolute Gasteiger partial charge is 0.471 e. The number of hydrogen-bond donors (Lipinski definition) is 3. The summed E-state index contributed by atoms with van der Waals surface area (Å²) in [6, 6.07) is 8.19. The standard InChI is InChI=1S/C19H17F3N6O4S/c1-31-8-9-32-18(30)26-12-4-2-11(3-5-12)25-16-23-7-6-13(27-16)14-10-24-17(33-14)28-15(29)19(20,21)22/h2-7,10H,8-9H2,1H3,(H,26,30)(H,23,25,27)(H,24,28,29). The number of ether oxygens (including phenoxy) is 2. The summed E-state index contributed by atoms with van der Waals surface area (Å²) in [6.07, 6.45) is -2.86. The van der Waals surface area contributed by atoms with Gasteiger partial charge in [0.1, 0.15) is 6.61 Å². The third kappa shape index (κ3) is 7.11. The molecule has 0 atom stereocenters. The molecule has 3 N–H and O–H groups in total. The number of hydrogen-bond acceptors (Lipinski definition) is 9. The molecule has 0 fully saturated rings. The van der Waals surface area contributed by atoms with E-state index in [0.717, 1.165) is 11.3 Å². The van der Waals surface area contributed by atoms with Crippen LogP contribution in [0.2, 0.25) is 0 Å². The number of halogens is 3. The summed E-state index contributed by atoms with van der Waals surface area (Å²) in [6.45, 7) is 0.423. The summed E-state index contributed by atoms with van der Waals surface area (Å²) in [5.74, 6) is -1.88. The summed E-state index contributed by atoms with van der Waals surface area (Å²) in [5, 5.41) is 7.04. The minimum atomic E-state index is -5.01. The van der Waals surface area contributed by atoms with E-state index in [4.69, 9.17) is 9.47 Å². The first-order valence-electron chi connectivity index (χ1n) is 9.22. The molecular formula is C19H17F3N6O4S. The SMILES string of the molecule is COCCOC(=O)Nc1ccc(Nc2nccc(-c3cnc(NC(=O)C(F)(F)F)s3)n2)cc1. The van der Waals surface area contributed by atoms with Gasteiger partial charge in [0.2, 0.25) is 5.95 Å². The average Bonchev–Trinajstić information content (AvgIpc) is 3.23. The van der Waals surface area contributed by atoms with Crippen LogP contribution in [0.4, 0.5) is 40.4 Å². The van der Waals surface area contributed by atoms with Gasteiger partial charge in [-0.3, -0.25) is 15.4 Å². The van der Waals surface area contributed by atoms with Crippen molar-refractivity contribution in [3.05, 3.63) is 42.7 Å². The normalized spacial score (nSPS) is 11.0. The van der Waals surface area contributed by atoms with Crippen molar-refractivity contribution in [3.63, 3.8) is 0 Å². The van der Waals surface area contributed by atoms with Crippen LogP contribution in [0, 0.1) is 0 Å². The Bertz CT molecular complexity index is 1110. The molecule has 0 unspecified atom stereocenters. The van der Waals surface area contributed by atoms with Gasteiger partial charge in [-0.15, -0.1) is 0 Å². The van der Waals surface area contributed by atoms with Crippen molar-refractivity contribution in [2.75, 3.05) is 36.3 Å². The van der Waals surface area contributed by atoms with Crippen molar-refractivity contribution in [1.29, 1.82) is 0 Å². The molecule has 2 aromatic heterocycles.